The lowest BCUT2D eigenvalue weighted by molar-refractivity contribution is -0.136. The number of anilines is 3. The minimum atomic E-state index is -0.992. The number of nitrogens with one attached hydrogen (secondary N) is 2. The number of carbonyl (C=O) groups is 6. The SMILES string of the molecule is CC(C)Oc1cc2c(cc1NC(=O)c1cnn3ccc(N4CCOCC4)nc13)CN(C1CCN(CC3CN(c4ccc5c(c4)C(=O)N(C4CCC(=O)NC4=O)C5=O)C3)CC1)C2=O. The third-order valence-corrected chi connectivity index (χ3v) is 12.8. The van der Waals surface area contributed by atoms with Crippen LogP contribution in [0.2, 0.25) is 0 Å². The summed E-state index contributed by atoms with van der Waals surface area (Å²) in [6.45, 7) is 11.2. The van der Waals surface area contributed by atoms with Gasteiger partial charge in [-0.2, -0.15) is 5.10 Å². The number of fused-ring (bicyclic) bond motifs is 3. The highest BCUT2D eigenvalue weighted by Gasteiger charge is 2.45. The van der Waals surface area contributed by atoms with E-state index in [1.165, 1.54) is 6.20 Å². The van der Waals surface area contributed by atoms with Gasteiger partial charge in [0.05, 0.1) is 42.3 Å². The van der Waals surface area contributed by atoms with E-state index in [2.05, 4.69) is 30.4 Å². The van der Waals surface area contributed by atoms with Gasteiger partial charge in [-0.3, -0.25) is 39.0 Å². The van der Waals surface area contributed by atoms with E-state index in [-0.39, 0.29) is 47.9 Å². The molecule has 6 amide bonds. The second kappa shape index (κ2) is 15.8. The quantitative estimate of drug-likeness (QED) is 0.222. The molecule has 0 bridgehead atoms. The van der Waals surface area contributed by atoms with Crippen LogP contribution in [-0.2, 0) is 20.9 Å². The molecule has 4 aromatic rings. The van der Waals surface area contributed by atoms with Crippen LogP contribution < -0.4 is 25.2 Å². The first-order valence-corrected chi connectivity index (χ1v) is 21.4. The molecule has 2 N–H and O–H groups in total. The van der Waals surface area contributed by atoms with Crippen molar-refractivity contribution in [2.24, 2.45) is 5.92 Å². The molecule has 0 aliphatic carbocycles. The first-order chi connectivity index (χ1) is 30.0. The van der Waals surface area contributed by atoms with Gasteiger partial charge in [-0.05, 0) is 75.1 Å². The van der Waals surface area contributed by atoms with Crippen LogP contribution in [0.5, 0.6) is 5.75 Å². The van der Waals surface area contributed by atoms with Gasteiger partial charge in [0, 0.05) is 88.2 Å². The fraction of sp³-hybridized carbons (Fsp3) is 0.455. The van der Waals surface area contributed by atoms with Crippen LogP contribution in [-0.4, -0.2) is 142 Å². The molecule has 6 aliphatic rings. The summed E-state index contributed by atoms with van der Waals surface area (Å²) in [4.78, 5) is 92.9. The van der Waals surface area contributed by atoms with Gasteiger partial charge in [0.15, 0.2) is 5.65 Å². The topological polar surface area (TPSA) is 191 Å². The van der Waals surface area contributed by atoms with Crippen molar-refractivity contribution < 1.29 is 38.2 Å². The molecule has 322 valence electrons. The number of piperidine rings is 2. The molecule has 0 saturated carbocycles. The maximum absolute atomic E-state index is 13.9. The van der Waals surface area contributed by atoms with Gasteiger partial charge in [0.2, 0.25) is 11.8 Å². The van der Waals surface area contributed by atoms with Crippen molar-refractivity contribution in [2.75, 3.05) is 74.1 Å². The van der Waals surface area contributed by atoms with Gasteiger partial charge in [-0.1, -0.05) is 0 Å². The standard InChI is InChI=1S/C44H48N10O8/c1-25(2)62-36-19-31-27(17-34(36)46-40(56)33-20-45-53-12-9-37(47-39(33)53)50-13-15-61-16-14-50)24-52(42(31)58)28-7-10-49(11-8-28)21-26-22-51(23-26)29-3-4-30-32(18-29)44(60)54(43(30)59)35-5-6-38(55)48-41(35)57/h3-4,9,12,17-20,25-26,28,35H,5-8,10-11,13-16,21-24H2,1-2H3,(H,46,56)(H,48,55,57). The molecule has 10 rings (SSSR count). The Bertz CT molecular complexity index is 2520. The number of likely N-dealkylation sites (tertiary alicyclic amines) is 1. The Hall–Kier alpha value is -6.40. The molecular weight excluding hydrogens is 797 g/mol. The van der Waals surface area contributed by atoms with Crippen molar-refractivity contribution in [3.63, 3.8) is 0 Å². The van der Waals surface area contributed by atoms with Crippen LogP contribution in [0.1, 0.15) is 86.5 Å². The summed E-state index contributed by atoms with van der Waals surface area (Å²) in [6, 6.07) is 9.84. The Labute approximate surface area is 357 Å². The maximum Gasteiger partial charge on any atom is 0.262 e. The van der Waals surface area contributed by atoms with Crippen molar-refractivity contribution >= 4 is 58.3 Å². The molecule has 2 aromatic heterocycles. The van der Waals surface area contributed by atoms with Crippen molar-refractivity contribution in [1.29, 1.82) is 0 Å². The average molecular weight is 845 g/mol. The lowest BCUT2D eigenvalue weighted by atomic mass is 9.95. The number of ether oxygens (including phenoxy) is 2. The molecule has 1 unspecified atom stereocenters. The van der Waals surface area contributed by atoms with E-state index in [1.807, 2.05) is 36.9 Å². The van der Waals surface area contributed by atoms with E-state index in [9.17, 15) is 28.8 Å². The van der Waals surface area contributed by atoms with E-state index in [0.29, 0.717) is 67.0 Å². The third kappa shape index (κ3) is 7.19. The Morgan fingerprint density at radius 3 is 2.44 bits per heavy atom. The molecular formula is C44H48N10O8. The van der Waals surface area contributed by atoms with Crippen molar-refractivity contribution in [2.45, 2.75) is 64.3 Å². The molecule has 4 saturated heterocycles. The summed E-state index contributed by atoms with van der Waals surface area (Å²) in [5, 5.41) is 9.65. The van der Waals surface area contributed by atoms with Gasteiger partial charge >= 0.3 is 0 Å². The molecule has 2 aromatic carbocycles. The molecule has 6 aliphatic heterocycles. The third-order valence-electron chi connectivity index (χ3n) is 12.8. The highest BCUT2D eigenvalue weighted by Crippen LogP contribution is 2.38. The Balaban J connectivity index is 0.748. The van der Waals surface area contributed by atoms with Gasteiger partial charge in [0.1, 0.15) is 23.2 Å². The van der Waals surface area contributed by atoms with E-state index >= 15 is 0 Å². The van der Waals surface area contributed by atoms with Crippen molar-refractivity contribution in [3.05, 3.63) is 76.6 Å². The highest BCUT2D eigenvalue weighted by molar-refractivity contribution is 6.23. The number of hydrogen-bond donors (Lipinski definition) is 2. The molecule has 18 heteroatoms. The number of rotatable bonds is 10. The predicted molar refractivity (Wildman–Crippen MR) is 224 cm³/mol. The normalized spacial score (nSPS) is 21.2. The van der Waals surface area contributed by atoms with Crippen LogP contribution >= 0.6 is 0 Å². The van der Waals surface area contributed by atoms with Crippen molar-refractivity contribution in [1.82, 2.24) is 34.6 Å². The summed E-state index contributed by atoms with van der Waals surface area (Å²) in [5.74, 6) is -0.839. The van der Waals surface area contributed by atoms with Crippen LogP contribution in [0.4, 0.5) is 17.2 Å². The highest BCUT2D eigenvalue weighted by atomic mass is 16.5. The van der Waals surface area contributed by atoms with Crippen LogP contribution in [0, 0.1) is 5.92 Å². The average Bonchev–Trinajstić information content (AvgIpc) is 3.90. The van der Waals surface area contributed by atoms with Gasteiger partial charge in [-0.15, -0.1) is 0 Å². The number of imide groups is 2. The number of aromatic nitrogens is 3. The fourth-order valence-corrected chi connectivity index (χ4v) is 9.62. The molecule has 0 spiro atoms. The minimum Gasteiger partial charge on any atom is -0.489 e. The number of morpholine rings is 1. The molecule has 8 heterocycles. The zero-order chi connectivity index (χ0) is 42.8. The summed E-state index contributed by atoms with van der Waals surface area (Å²) < 4.78 is 13.2. The largest absolute Gasteiger partial charge is 0.489 e. The van der Waals surface area contributed by atoms with Gasteiger partial charge in [0.25, 0.3) is 23.6 Å². The number of nitrogens with zero attached hydrogens (tertiary/aromatic N) is 8. The zero-order valence-corrected chi connectivity index (χ0v) is 34.7. The monoisotopic (exact) mass is 844 g/mol. The summed E-state index contributed by atoms with van der Waals surface area (Å²) in [7, 11) is 0. The number of carbonyl (C=O) groups excluding carboxylic acids is 6. The Morgan fingerprint density at radius 2 is 1.68 bits per heavy atom. The number of hydrogen-bond acceptors (Lipinski definition) is 13. The lowest BCUT2D eigenvalue weighted by Crippen LogP contribution is -2.54. The molecule has 0 radical (unpaired) electrons. The van der Waals surface area contributed by atoms with E-state index in [1.54, 1.807) is 28.9 Å². The second-order valence-corrected chi connectivity index (χ2v) is 17.3. The first-order valence-electron chi connectivity index (χ1n) is 21.4. The van der Waals surface area contributed by atoms with Crippen molar-refractivity contribution in [3.8, 4) is 5.75 Å². The second-order valence-electron chi connectivity index (χ2n) is 17.3. The first kappa shape index (κ1) is 39.7. The predicted octanol–water partition coefficient (Wildman–Crippen LogP) is 2.56. The van der Waals surface area contributed by atoms with E-state index in [0.717, 1.165) is 67.5 Å². The molecule has 62 heavy (non-hydrogen) atoms. The van der Waals surface area contributed by atoms with E-state index < -0.39 is 29.7 Å². The molecule has 18 nitrogen and oxygen atoms in total. The van der Waals surface area contributed by atoms with E-state index in [4.69, 9.17) is 14.5 Å². The smallest absolute Gasteiger partial charge is 0.262 e. The summed E-state index contributed by atoms with van der Waals surface area (Å²) in [6.07, 6.45) is 5.00. The Kier molecular flexibility index (Phi) is 10.1. The van der Waals surface area contributed by atoms with Gasteiger partial charge in [-0.25, -0.2) is 9.50 Å². The van der Waals surface area contributed by atoms with Gasteiger partial charge < -0.3 is 34.4 Å². The van der Waals surface area contributed by atoms with Crippen LogP contribution in [0.25, 0.3) is 5.65 Å². The molecule has 1 atom stereocenters. The lowest BCUT2D eigenvalue weighted by Gasteiger charge is -2.45. The fourth-order valence-electron chi connectivity index (χ4n) is 9.62. The number of amides is 6. The van der Waals surface area contributed by atoms with Crippen LogP contribution in [0.15, 0.2) is 48.8 Å². The Morgan fingerprint density at radius 1 is 0.903 bits per heavy atom. The number of benzene rings is 2. The maximum atomic E-state index is 13.9. The zero-order valence-electron chi connectivity index (χ0n) is 34.7. The minimum absolute atomic E-state index is 0.0307. The summed E-state index contributed by atoms with van der Waals surface area (Å²) in [5.41, 5.74) is 4.09. The van der Waals surface area contributed by atoms with Crippen LogP contribution in [0.3, 0.4) is 0 Å². The summed E-state index contributed by atoms with van der Waals surface area (Å²) >= 11 is 0. The molecule has 4 fully saturated rings.